The van der Waals surface area contributed by atoms with E-state index in [1.54, 1.807) is 6.20 Å². The van der Waals surface area contributed by atoms with Gasteiger partial charge >= 0.3 is 0 Å². The van der Waals surface area contributed by atoms with Gasteiger partial charge in [-0.3, -0.25) is 4.98 Å². The largest absolute Gasteiger partial charge is 0.487 e. The lowest BCUT2D eigenvalue weighted by Gasteiger charge is -2.13. The maximum absolute atomic E-state index is 5.74. The van der Waals surface area contributed by atoms with Crippen molar-refractivity contribution in [3.63, 3.8) is 0 Å². The van der Waals surface area contributed by atoms with Crippen molar-refractivity contribution in [2.45, 2.75) is 26.0 Å². The number of pyridine rings is 1. The van der Waals surface area contributed by atoms with Gasteiger partial charge in [-0.25, -0.2) is 0 Å². The summed E-state index contributed by atoms with van der Waals surface area (Å²) in [5.74, 6) is 0.794. The minimum Gasteiger partial charge on any atom is -0.487 e. The lowest BCUT2D eigenvalue weighted by molar-refractivity contribution is 0.304. The molecule has 4 heteroatoms. The average Bonchev–Trinajstić information content (AvgIpc) is 2.49. The first-order chi connectivity index (χ1) is 9.72. The van der Waals surface area contributed by atoms with Gasteiger partial charge in [0.2, 0.25) is 0 Å². The highest BCUT2D eigenvalue weighted by Gasteiger charge is 2.07. The van der Waals surface area contributed by atoms with Gasteiger partial charge < -0.3 is 10.1 Å². The topological polar surface area (TPSA) is 34.1 Å². The van der Waals surface area contributed by atoms with E-state index in [-0.39, 0.29) is 0 Å². The Kier molecular flexibility index (Phi) is 5.56. The van der Waals surface area contributed by atoms with Crippen molar-refractivity contribution in [3.8, 4) is 5.75 Å². The van der Waals surface area contributed by atoms with Crippen LogP contribution in [0.5, 0.6) is 5.75 Å². The SMILES string of the molecule is CCC(NC)c1ccc(OCc2ccc(Br)cc2)cn1. The smallest absolute Gasteiger partial charge is 0.138 e. The van der Waals surface area contributed by atoms with Gasteiger partial charge in [0.05, 0.1) is 11.9 Å². The average molecular weight is 335 g/mol. The molecule has 0 fully saturated rings. The number of hydrogen-bond donors (Lipinski definition) is 1. The molecule has 0 bridgehead atoms. The molecule has 1 aromatic heterocycles. The molecule has 0 spiro atoms. The van der Waals surface area contributed by atoms with E-state index in [0.29, 0.717) is 12.6 Å². The van der Waals surface area contributed by atoms with Crippen molar-refractivity contribution >= 4 is 15.9 Å². The summed E-state index contributed by atoms with van der Waals surface area (Å²) >= 11 is 3.42. The van der Waals surface area contributed by atoms with E-state index < -0.39 is 0 Å². The van der Waals surface area contributed by atoms with E-state index >= 15 is 0 Å². The van der Waals surface area contributed by atoms with Crippen LogP contribution in [0.25, 0.3) is 0 Å². The predicted octanol–water partition coefficient (Wildman–Crippen LogP) is 4.09. The van der Waals surface area contributed by atoms with Crippen LogP contribution in [0.4, 0.5) is 0 Å². The van der Waals surface area contributed by atoms with Crippen molar-refractivity contribution in [1.82, 2.24) is 10.3 Å². The van der Waals surface area contributed by atoms with Crippen molar-refractivity contribution in [1.29, 1.82) is 0 Å². The van der Waals surface area contributed by atoms with Crippen LogP contribution in [-0.2, 0) is 6.61 Å². The number of hydrogen-bond acceptors (Lipinski definition) is 3. The summed E-state index contributed by atoms with van der Waals surface area (Å²) < 4.78 is 6.81. The summed E-state index contributed by atoms with van der Waals surface area (Å²) in [6.45, 7) is 2.69. The van der Waals surface area contributed by atoms with Gasteiger partial charge in [-0.05, 0) is 43.3 Å². The minimum absolute atomic E-state index is 0.301. The van der Waals surface area contributed by atoms with Crippen molar-refractivity contribution in [2.24, 2.45) is 0 Å². The molecule has 0 amide bonds. The molecule has 0 aliphatic heterocycles. The Morgan fingerprint density at radius 2 is 1.95 bits per heavy atom. The fourth-order valence-corrected chi connectivity index (χ4v) is 2.26. The number of aromatic nitrogens is 1. The molecule has 1 heterocycles. The zero-order valence-electron chi connectivity index (χ0n) is 11.8. The standard InChI is InChI=1S/C16H19BrN2O/c1-3-15(18-2)16-9-8-14(10-19-16)20-11-12-4-6-13(17)7-5-12/h4-10,15,18H,3,11H2,1-2H3. The molecule has 0 saturated heterocycles. The molecule has 2 rings (SSSR count). The molecule has 20 heavy (non-hydrogen) atoms. The first-order valence-corrected chi connectivity index (χ1v) is 7.52. The summed E-state index contributed by atoms with van der Waals surface area (Å²) in [4.78, 5) is 4.45. The summed E-state index contributed by atoms with van der Waals surface area (Å²) in [5.41, 5.74) is 2.19. The third-order valence-electron chi connectivity index (χ3n) is 3.19. The molecular formula is C16H19BrN2O. The molecular weight excluding hydrogens is 316 g/mol. The summed E-state index contributed by atoms with van der Waals surface area (Å²) in [6, 6.07) is 12.4. The maximum atomic E-state index is 5.74. The van der Waals surface area contributed by atoms with Gasteiger partial charge in [-0.15, -0.1) is 0 Å². The highest BCUT2D eigenvalue weighted by molar-refractivity contribution is 9.10. The van der Waals surface area contributed by atoms with Gasteiger partial charge in [0, 0.05) is 10.5 Å². The second-order valence-corrected chi connectivity index (χ2v) is 5.50. The van der Waals surface area contributed by atoms with Gasteiger partial charge in [-0.1, -0.05) is 35.0 Å². The van der Waals surface area contributed by atoms with Crippen molar-refractivity contribution in [3.05, 3.63) is 58.3 Å². The fourth-order valence-electron chi connectivity index (χ4n) is 1.99. The summed E-state index contributed by atoms with van der Waals surface area (Å²) in [5, 5.41) is 3.24. The Bertz CT molecular complexity index is 521. The second kappa shape index (κ2) is 7.41. The predicted molar refractivity (Wildman–Crippen MR) is 84.8 cm³/mol. The van der Waals surface area contributed by atoms with Gasteiger partial charge in [0.25, 0.3) is 0 Å². The zero-order valence-corrected chi connectivity index (χ0v) is 13.4. The monoisotopic (exact) mass is 334 g/mol. The molecule has 1 unspecified atom stereocenters. The molecule has 0 saturated carbocycles. The van der Waals surface area contributed by atoms with Crippen LogP contribution >= 0.6 is 15.9 Å². The number of nitrogens with one attached hydrogen (secondary N) is 1. The van der Waals surface area contributed by atoms with Crippen LogP contribution in [0.15, 0.2) is 47.1 Å². The van der Waals surface area contributed by atoms with Crippen molar-refractivity contribution in [2.75, 3.05) is 7.05 Å². The number of benzene rings is 1. The molecule has 1 atom stereocenters. The van der Waals surface area contributed by atoms with Gasteiger partial charge in [0.15, 0.2) is 0 Å². The van der Waals surface area contributed by atoms with E-state index in [2.05, 4.69) is 33.2 Å². The second-order valence-electron chi connectivity index (χ2n) is 4.58. The van der Waals surface area contributed by atoms with E-state index in [4.69, 9.17) is 4.74 Å². The van der Waals surface area contributed by atoms with Gasteiger partial charge in [0.1, 0.15) is 12.4 Å². The zero-order chi connectivity index (χ0) is 14.4. The Labute approximate surface area is 128 Å². The van der Waals surface area contributed by atoms with Crippen LogP contribution in [0.2, 0.25) is 0 Å². The Morgan fingerprint density at radius 3 is 2.50 bits per heavy atom. The van der Waals surface area contributed by atoms with E-state index in [9.17, 15) is 0 Å². The lowest BCUT2D eigenvalue weighted by Crippen LogP contribution is -2.16. The molecule has 3 nitrogen and oxygen atoms in total. The van der Waals surface area contributed by atoms with Crippen LogP contribution < -0.4 is 10.1 Å². The summed E-state index contributed by atoms with van der Waals surface area (Å²) in [6.07, 6.45) is 2.80. The third-order valence-corrected chi connectivity index (χ3v) is 3.72. The molecule has 0 aliphatic rings. The van der Waals surface area contributed by atoms with E-state index in [1.165, 1.54) is 0 Å². The number of ether oxygens (including phenoxy) is 1. The molecule has 0 aliphatic carbocycles. The molecule has 0 radical (unpaired) electrons. The van der Waals surface area contributed by atoms with Crippen LogP contribution in [0.3, 0.4) is 0 Å². The van der Waals surface area contributed by atoms with Crippen LogP contribution in [0, 0.1) is 0 Å². The maximum Gasteiger partial charge on any atom is 0.138 e. The molecule has 1 N–H and O–H groups in total. The highest BCUT2D eigenvalue weighted by Crippen LogP contribution is 2.18. The van der Waals surface area contributed by atoms with E-state index in [1.807, 2.05) is 43.4 Å². The van der Waals surface area contributed by atoms with Gasteiger partial charge in [-0.2, -0.15) is 0 Å². The molecule has 106 valence electrons. The fraction of sp³-hybridized carbons (Fsp3) is 0.312. The Morgan fingerprint density at radius 1 is 1.20 bits per heavy atom. The summed E-state index contributed by atoms with van der Waals surface area (Å²) in [7, 11) is 1.95. The molecule has 2 aromatic rings. The quantitative estimate of drug-likeness (QED) is 0.863. The van der Waals surface area contributed by atoms with E-state index in [0.717, 1.165) is 27.9 Å². The van der Waals surface area contributed by atoms with Crippen LogP contribution in [0.1, 0.15) is 30.6 Å². The van der Waals surface area contributed by atoms with Crippen LogP contribution in [-0.4, -0.2) is 12.0 Å². The Hall–Kier alpha value is -1.39. The Balaban J connectivity index is 1.95. The number of halogens is 1. The molecule has 1 aromatic carbocycles. The first kappa shape index (κ1) is 15.0. The minimum atomic E-state index is 0.301. The third kappa shape index (κ3) is 4.05. The highest BCUT2D eigenvalue weighted by atomic mass is 79.9. The van der Waals surface area contributed by atoms with Crippen molar-refractivity contribution < 1.29 is 4.74 Å². The first-order valence-electron chi connectivity index (χ1n) is 6.73. The lowest BCUT2D eigenvalue weighted by atomic mass is 10.1. The number of nitrogens with zero attached hydrogens (tertiary/aromatic N) is 1. The number of rotatable bonds is 6. The normalized spacial score (nSPS) is 12.2.